The normalized spacial score (nSPS) is 23.5. The molecule has 0 saturated carbocycles. The van der Waals surface area contributed by atoms with E-state index in [0.29, 0.717) is 11.1 Å². The van der Waals surface area contributed by atoms with Gasteiger partial charge in [-0.2, -0.15) is 0 Å². The molecule has 3 aliphatic rings. The van der Waals surface area contributed by atoms with Crippen molar-refractivity contribution in [3.63, 3.8) is 0 Å². The van der Waals surface area contributed by atoms with Gasteiger partial charge in [0.25, 0.3) is 11.8 Å². The molecular formula is C17H17N3O4. The fourth-order valence-corrected chi connectivity index (χ4v) is 3.66. The van der Waals surface area contributed by atoms with E-state index in [9.17, 15) is 19.2 Å². The summed E-state index contributed by atoms with van der Waals surface area (Å²) in [4.78, 5) is 52.0. The van der Waals surface area contributed by atoms with Gasteiger partial charge in [-0.3, -0.25) is 34.3 Å². The second-order valence-corrected chi connectivity index (χ2v) is 6.42. The first-order valence-corrected chi connectivity index (χ1v) is 8.09. The number of hydrogen-bond donors (Lipinski definition) is 1. The SMILES string of the molecule is CCN1Cc2cc3c(cc2C1)C(=O)N([C@@H]1CCC(=O)NC1=O)C3=O. The summed E-state index contributed by atoms with van der Waals surface area (Å²) in [6, 6.07) is 2.66. The Labute approximate surface area is 138 Å². The van der Waals surface area contributed by atoms with Crippen LogP contribution in [0.15, 0.2) is 12.1 Å². The molecule has 4 amide bonds. The van der Waals surface area contributed by atoms with Crippen molar-refractivity contribution in [2.24, 2.45) is 0 Å². The van der Waals surface area contributed by atoms with E-state index in [-0.39, 0.29) is 18.7 Å². The monoisotopic (exact) mass is 327 g/mol. The molecule has 1 aromatic carbocycles. The van der Waals surface area contributed by atoms with Crippen LogP contribution in [0.5, 0.6) is 0 Å². The maximum atomic E-state index is 12.7. The zero-order chi connectivity index (χ0) is 17.0. The molecule has 1 N–H and O–H groups in total. The van der Waals surface area contributed by atoms with Crippen LogP contribution in [-0.4, -0.2) is 46.0 Å². The minimum Gasteiger partial charge on any atom is -0.295 e. The minimum absolute atomic E-state index is 0.131. The smallest absolute Gasteiger partial charge is 0.262 e. The van der Waals surface area contributed by atoms with Crippen LogP contribution in [0.25, 0.3) is 0 Å². The molecule has 7 nitrogen and oxygen atoms in total. The van der Waals surface area contributed by atoms with Crippen LogP contribution in [0, 0.1) is 0 Å². The summed E-state index contributed by atoms with van der Waals surface area (Å²) in [7, 11) is 0. The number of imide groups is 2. The topological polar surface area (TPSA) is 86.8 Å². The Bertz CT molecular complexity index is 756. The molecule has 0 radical (unpaired) electrons. The van der Waals surface area contributed by atoms with Gasteiger partial charge >= 0.3 is 0 Å². The fourth-order valence-electron chi connectivity index (χ4n) is 3.66. The number of nitrogens with one attached hydrogen (secondary N) is 1. The zero-order valence-electron chi connectivity index (χ0n) is 13.3. The lowest BCUT2D eigenvalue weighted by Gasteiger charge is -2.27. The lowest BCUT2D eigenvalue weighted by Crippen LogP contribution is -2.54. The second-order valence-electron chi connectivity index (χ2n) is 6.42. The van der Waals surface area contributed by atoms with Crippen molar-refractivity contribution in [2.45, 2.75) is 38.9 Å². The summed E-state index contributed by atoms with van der Waals surface area (Å²) in [5.74, 6) is -1.83. The molecule has 1 atom stereocenters. The fraction of sp³-hybridized carbons (Fsp3) is 0.412. The molecule has 1 fully saturated rings. The maximum Gasteiger partial charge on any atom is 0.262 e. The number of amides is 4. The van der Waals surface area contributed by atoms with Gasteiger partial charge in [-0.25, -0.2) is 0 Å². The molecule has 24 heavy (non-hydrogen) atoms. The van der Waals surface area contributed by atoms with E-state index >= 15 is 0 Å². The number of benzene rings is 1. The Balaban J connectivity index is 1.68. The molecule has 7 heteroatoms. The third-order valence-electron chi connectivity index (χ3n) is 5.00. The van der Waals surface area contributed by atoms with Crippen LogP contribution in [0.2, 0.25) is 0 Å². The molecule has 0 aromatic heterocycles. The van der Waals surface area contributed by atoms with Gasteiger partial charge in [0.15, 0.2) is 0 Å². The molecule has 3 aliphatic heterocycles. The van der Waals surface area contributed by atoms with E-state index in [1.165, 1.54) is 0 Å². The number of carbonyl (C=O) groups excluding carboxylic acids is 4. The number of fused-ring (bicyclic) bond motifs is 2. The first-order chi connectivity index (χ1) is 11.5. The highest BCUT2D eigenvalue weighted by atomic mass is 16.2. The molecule has 1 saturated heterocycles. The highest BCUT2D eigenvalue weighted by Crippen LogP contribution is 2.33. The Morgan fingerprint density at radius 1 is 1.04 bits per heavy atom. The lowest BCUT2D eigenvalue weighted by molar-refractivity contribution is -0.136. The molecular weight excluding hydrogens is 310 g/mol. The highest BCUT2D eigenvalue weighted by molar-refractivity contribution is 6.23. The van der Waals surface area contributed by atoms with E-state index in [2.05, 4.69) is 17.1 Å². The molecule has 0 unspecified atom stereocenters. The maximum absolute atomic E-state index is 12.7. The summed E-state index contributed by atoms with van der Waals surface area (Å²) >= 11 is 0. The first kappa shape index (κ1) is 15.0. The second kappa shape index (κ2) is 5.24. The van der Waals surface area contributed by atoms with E-state index < -0.39 is 23.8 Å². The zero-order valence-corrected chi connectivity index (χ0v) is 13.3. The molecule has 1 aromatic rings. The van der Waals surface area contributed by atoms with Crippen LogP contribution in [-0.2, 0) is 22.7 Å². The van der Waals surface area contributed by atoms with Gasteiger partial charge in [0.2, 0.25) is 11.8 Å². The third kappa shape index (κ3) is 2.08. The summed E-state index contributed by atoms with van der Waals surface area (Å²) < 4.78 is 0. The largest absolute Gasteiger partial charge is 0.295 e. The van der Waals surface area contributed by atoms with Gasteiger partial charge < -0.3 is 0 Å². The van der Waals surface area contributed by atoms with Crippen LogP contribution < -0.4 is 5.32 Å². The minimum atomic E-state index is -0.905. The van der Waals surface area contributed by atoms with Gasteiger partial charge in [-0.05, 0) is 36.2 Å². The molecule has 4 rings (SSSR count). The standard InChI is InChI=1S/C17H17N3O4/c1-2-19-7-9-5-11-12(6-10(9)8-19)17(24)20(16(11)23)13-3-4-14(21)18-15(13)22/h5-6,13H,2-4,7-8H2,1H3,(H,18,21,22)/t13-/m1/s1. The van der Waals surface area contributed by atoms with Gasteiger partial charge in [0.05, 0.1) is 11.1 Å². The number of nitrogens with zero attached hydrogens (tertiary/aromatic N) is 2. The van der Waals surface area contributed by atoms with Crippen molar-refractivity contribution in [3.05, 3.63) is 34.4 Å². The van der Waals surface area contributed by atoms with Crippen LogP contribution in [0.3, 0.4) is 0 Å². The van der Waals surface area contributed by atoms with Crippen molar-refractivity contribution in [3.8, 4) is 0 Å². The van der Waals surface area contributed by atoms with Gasteiger partial charge in [-0.15, -0.1) is 0 Å². The third-order valence-corrected chi connectivity index (χ3v) is 5.00. The number of piperidine rings is 1. The van der Waals surface area contributed by atoms with Gasteiger partial charge in [0, 0.05) is 19.5 Å². The van der Waals surface area contributed by atoms with Crippen molar-refractivity contribution in [1.29, 1.82) is 0 Å². The van der Waals surface area contributed by atoms with E-state index in [1.54, 1.807) is 12.1 Å². The molecule has 3 heterocycles. The van der Waals surface area contributed by atoms with Crippen molar-refractivity contribution in [2.75, 3.05) is 6.54 Å². The van der Waals surface area contributed by atoms with E-state index in [0.717, 1.165) is 35.7 Å². The van der Waals surface area contributed by atoms with Crippen LogP contribution in [0.4, 0.5) is 0 Å². The molecule has 124 valence electrons. The van der Waals surface area contributed by atoms with Crippen molar-refractivity contribution in [1.82, 2.24) is 15.1 Å². The number of carbonyl (C=O) groups is 4. The average molecular weight is 327 g/mol. The van der Waals surface area contributed by atoms with Crippen LogP contribution >= 0.6 is 0 Å². The average Bonchev–Trinajstić information content (AvgIpc) is 3.06. The molecule has 0 bridgehead atoms. The summed E-state index contributed by atoms with van der Waals surface area (Å²) in [5, 5.41) is 2.20. The van der Waals surface area contributed by atoms with Gasteiger partial charge in [-0.1, -0.05) is 6.92 Å². The number of rotatable bonds is 2. The Kier molecular flexibility index (Phi) is 3.28. The first-order valence-electron chi connectivity index (χ1n) is 8.09. The molecule has 0 aliphatic carbocycles. The summed E-state index contributed by atoms with van der Waals surface area (Å²) in [6.07, 6.45) is 0.311. The summed E-state index contributed by atoms with van der Waals surface area (Å²) in [6.45, 7) is 4.50. The lowest BCUT2D eigenvalue weighted by atomic mass is 10.0. The van der Waals surface area contributed by atoms with Gasteiger partial charge in [0.1, 0.15) is 6.04 Å². The predicted molar refractivity (Wildman–Crippen MR) is 82.9 cm³/mol. The summed E-state index contributed by atoms with van der Waals surface area (Å²) in [5.41, 5.74) is 2.84. The number of hydrogen-bond acceptors (Lipinski definition) is 5. The highest BCUT2D eigenvalue weighted by Gasteiger charge is 2.45. The molecule has 0 spiro atoms. The van der Waals surface area contributed by atoms with Crippen LogP contribution in [0.1, 0.15) is 51.6 Å². The quantitative estimate of drug-likeness (QED) is 0.796. The Hall–Kier alpha value is -2.54. The Morgan fingerprint density at radius 2 is 1.62 bits per heavy atom. The Morgan fingerprint density at radius 3 is 2.12 bits per heavy atom. The van der Waals surface area contributed by atoms with E-state index in [4.69, 9.17) is 0 Å². The van der Waals surface area contributed by atoms with Crippen molar-refractivity contribution < 1.29 is 19.2 Å². The predicted octanol–water partition coefficient (Wildman–Crippen LogP) is 0.423. The van der Waals surface area contributed by atoms with Crippen molar-refractivity contribution >= 4 is 23.6 Å². The van der Waals surface area contributed by atoms with E-state index in [1.807, 2.05) is 0 Å².